The molecule has 0 radical (unpaired) electrons. The van der Waals surface area contributed by atoms with Crippen molar-refractivity contribution >= 4 is 5.69 Å². The number of hydrogen-bond donors (Lipinski definition) is 1. The van der Waals surface area contributed by atoms with E-state index in [9.17, 15) is 5.11 Å². The number of anilines is 1. The van der Waals surface area contributed by atoms with Crippen molar-refractivity contribution in [3.8, 4) is 5.75 Å². The third kappa shape index (κ3) is 3.69. The molecular weight excluding hydrogens is 286 g/mol. The molecule has 1 aromatic carbocycles. The van der Waals surface area contributed by atoms with Crippen LogP contribution in [-0.2, 0) is 6.54 Å². The van der Waals surface area contributed by atoms with Gasteiger partial charge in [0.05, 0.1) is 0 Å². The van der Waals surface area contributed by atoms with E-state index >= 15 is 0 Å². The van der Waals surface area contributed by atoms with Crippen molar-refractivity contribution in [1.82, 2.24) is 9.78 Å². The van der Waals surface area contributed by atoms with Gasteiger partial charge < -0.3 is 10.0 Å². The summed E-state index contributed by atoms with van der Waals surface area (Å²) in [5.74, 6) is 1.76. The summed E-state index contributed by atoms with van der Waals surface area (Å²) in [6.07, 6.45) is 7.36. The molecule has 3 atom stereocenters. The Morgan fingerprint density at radius 3 is 2.87 bits per heavy atom. The summed E-state index contributed by atoms with van der Waals surface area (Å²) in [5, 5.41) is 14.1. The van der Waals surface area contributed by atoms with Crippen molar-refractivity contribution in [1.29, 1.82) is 0 Å². The molecule has 0 amide bonds. The van der Waals surface area contributed by atoms with Crippen LogP contribution in [0.3, 0.4) is 0 Å². The van der Waals surface area contributed by atoms with Gasteiger partial charge in [0.1, 0.15) is 5.75 Å². The Kier molecular flexibility index (Phi) is 4.89. The van der Waals surface area contributed by atoms with Crippen molar-refractivity contribution in [2.24, 2.45) is 11.8 Å². The standard InChI is InChI=1S/C19H27N3O/c1-15-9-13-22(17-6-3-7-18(23)14-17)19(16(15)2)8-4-11-21-12-5-10-20-21/h3,5-7,10,12,14-16,19,23H,4,8-9,11,13H2,1-2H3. The highest BCUT2D eigenvalue weighted by Gasteiger charge is 2.32. The van der Waals surface area contributed by atoms with Crippen LogP contribution in [-0.4, -0.2) is 27.5 Å². The van der Waals surface area contributed by atoms with Crippen molar-refractivity contribution in [2.45, 2.75) is 45.7 Å². The molecule has 124 valence electrons. The van der Waals surface area contributed by atoms with E-state index in [1.54, 1.807) is 6.07 Å². The molecule has 1 aliphatic rings. The number of phenols is 1. The minimum absolute atomic E-state index is 0.351. The quantitative estimate of drug-likeness (QED) is 0.909. The minimum atomic E-state index is 0.351. The Morgan fingerprint density at radius 2 is 2.13 bits per heavy atom. The Labute approximate surface area is 138 Å². The van der Waals surface area contributed by atoms with Crippen molar-refractivity contribution in [2.75, 3.05) is 11.4 Å². The first-order valence-corrected chi connectivity index (χ1v) is 8.68. The van der Waals surface area contributed by atoms with Gasteiger partial charge in [0.15, 0.2) is 0 Å². The summed E-state index contributed by atoms with van der Waals surface area (Å²) >= 11 is 0. The fourth-order valence-electron chi connectivity index (χ4n) is 3.74. The largest absolute Gasteiger partial charge is 0.508 e. The molecule has 1 aromatic heterocycles. The van der Waals surface area contributed by atoms with Crippen LogP contribution in [0.1, 0.15) is 33.1 Å². The molecule has 1 N–H and O–H groups in total. The molecule has 3 rings (SSSR count). The molecule has 1 saturated heterocycles. The lowest BCUT2D eigenvalue weighted by atomic mass is 9.80. The van der Waals surface area contributed by atoms with Gasteiger partial charge in [-0.1, -0.05) is 19.9 Å². The fourth-order valence-corrected chi connectivity index (χ4v) is 3.74. The first-order valence-electron chi connectivity index (χ1n) is 8.68. The van der Waals surface area contributed by atoms with E-state index in [0.717, 1.165) is 37.5 Å². The Bertz CT molecular complexity index is 611. The number of aryl methyl sites for hydroxylation is 1. The first-order chi connectivity index (χ1) is 11.1. The average molecular weight is 313 g/mol. The van der Waals surface area contributed by atoms with Gasteiger partial charge in [-0.15, -0.1) is 0 Å². The molecule has 0 spiro atoms. The average Bonchev–Trinajstić information content (AvgIpc) is 3.05. The lowest BCUT2D eigenvalue weighted by molar-refractivity contribution is 0.239. The van der Waals surface area contributed by atoms with Gasteiger partial charge in [-0.25, -0.2) is 0 Å². The fraction of sp³-hybridized carbons (Fsp3) is 0.526. The van der Waals surface area contributed by atoms with Crippen molar-refractivity contribution in [3.05, 3.63) is 42.7 Å². The molecule has 23 heavy (non-hydrogen) atoms. The van der Waals surface area contributed by atoms with E-state index in [2.05, 4.69) is 29.9 Å². The molecule has 1 fully saturated rings. The van der Waals surface area contributed by atoms with Gasteiger partial charge >= 0.3 is 0 Å². The summed E-state index contributed by atoms with van der Waals surface area (Å²) < 4.78 is 2.01. The van der Waals surface area contributed by atoms with Crippen LogP contribution in [0.15, 0.2) is 42.7 Å². The summed E-state index contributed by atoms with van der Waals surface area (Å²) in [5.41, 5.74) is 1.15. The van der Waals surface area contributed by atoms with Gasteiger partial charge in [-0.3, -0.25) is 4.68 Å². The summed E-state index contributed by atoms with van der Waals surface area (Å²) in [7, 11) is 0. The third-order valence-electron chi connectivity index (χ3n) is 5.34. The topological polar surface area (TPSA) is 41.3 Å². The minimum Gasteiger partial charge on any atom is -0.508 e. The van der Waals surface area contributed by atoms with Crippen LogP contribution in [0.5, 0.6) is 5.75 Å². The van der Waals surface area contributed by atoms with Gasteiger partial charge in [-0.05, 0) is 49.3 Å². The van der Waals surface area contributed by atoms with E-state index < -0.39 is 0 Å². The van der Waals surface area contributed by atoms with E-state index in [1.807, 2.05) is 35.3 Å². The van der Waals surface area contributed by atoms with Gasteiger partial charge in [0.25, 0.3) is 0 Å². The number of benzene rings is 1. The molecular formula is C19H27N3O. The summed E-state index contributed by atoms with van der Waals surface area (Å²) in [6.45, 7) is 6.78. The zero-order valence-electron chi connectivity index (χ0n) is 14.1. The van der Waals surface area contributed by atoms with E-state index in [0.29, 0.717) is 17.7 Å². The zero-order valence-corrected chi connectivity index (χ0v) is 14.1. The maximum absolute atomic E-state index is 9.81. The highest BCUT2D eigenvalue weighted by Crippen LogP contribution is 2.35. The number of piperidine rings is 1. The smallest absolute Gasteiger partial charge is 0.117 e. The lowest BCUT2D eigenvalue weighted by Crippen LogP contribution is -2.47. The molecule has 0 aliphatic carbocycles. The lowest BCUT2D eigenvalue weighted by Gasteiger charge is -2.45. The van der Waals surface area contributed by atoms with E-state index in [-0.39, 0.29) is 0 Å². The van der Waals surface area contributed by atoms with E-state index in [1.165, 1.54) is 6.42 Å². The predicted octanol–water partition coefficient (Wildman–Crippen LogP) is 3.92. The number of aromatic hydroxyl groups is 1. The van der Waals surface area contributed by atoms with Crippen LogP contribution < -0.4 is 4.90 Å². The van der Waals surface area contributed by atoms with E-state index in [4.69, 9.17) is 0 Å². The molecule has 2 heterocycles. The normalized spacial score (nSPS) is 24.8. The summed E-state index contributed by atoms with van der Waals surface area (Å²) in [4.78, 5) is 2.49. The number of hydrogen-bond acceptors (Lipinski definition) is 3. The van der Waals surface area contributed by atoms with Crippen molar-refractivity contribution < 1.29 is 5.11 Å². The molecule has 0 saturated carbocycles. The van der Waals surface area contributed by atoms with Crippen LogP contribution >= 0.6 is 0 Å². The molecule has 3 unspecified atom stereocenters. The number of rotatable bonds is 5. The van der Waals surface area contributed by atoms with Crippen LogP contribution in [0.4, 0.5) is 5.69 Å². The zero-order chi connectivity index (χ0) is 16.2. The highest BCUT2D eigenvalue weighted by molar-refractivity contribution is 5.51. The van der Waals surface area contributed by atoms with Gasteiger partial charge in [0.2, 0.25) is 0 Å². The maximum atomic E-state index is 9.81. The SMILES string of the molecule is CC1CCN(c2cccc(O)c2)C(CCCn2cccn2)C1C. The Balaban J connectivity index is 1.71. The predicted molar refractivity (Wildman–Crippen MR) is 93.6 cm³/mol. The van der Waals surface area contributed by atoms with Gasteiger partial charge in [-0.2, -0.15) is 5.10 Å². The monoisotopic (exact) mass is 313 g/mol. The van der Waals surface area contributed by atoms with Crippen LogP contribution in [0.25, 0.3) is 0 Å². The van der Waals surface area contributed by atoms with Crippen LogP contribution in [0, 0.1) is 11.8 Å². The Hall–Kier alpha value is -1.97. The Morgan fingerprint density at radius 1 is 1.26 bits per heavy atom. The maximum Gasteiger partial charge on any atom is 0.117 e. The number of aromatic nitrogens is 2. The van der Waals surface area contributed by atoms with Crippen molar-refractivity contribution in [3.63, 3.8) is 0 Å². The second-order valence-electron chi connectivity index (χ2n) is 6.82. The molecule has 2 aromatic rings. The highest BCUT2D eigenvalue weighted by atomic mass is 16.3. The van der Waals surface area contributed by atoms with Crippen LogP contribution in [0.2, 0.25) is 0 Å². The van der Waals surface area contributed by atoms with Gasteiger partial charge in [0, 0.05) is 43.3 Å². The third-order valence-corrected chi connectivity index (χ3v) is 5.34. The molecule has 1 aliphatic heterocycles. The second-order valence-corrected chi connectivity index (χ2v) is 6.82. The number of phenolic OH excluding ortho intramolecular Hbond substituents is 1. The molecule has 4 nitrogen and oxygen atoms in total. The number of nitrogens with zero attached hydrogens (tertiary/aromatic N) is 3. The second kappa shape index (κ2) is 7.07. The molecule has 0 bridgehead atoms. The first kappa shape index (κ1) is 15.9. The molecule has 4 heteroatoms. The summed E-state index contributed by atoms with van der Waals surface area (Å²) in [6, 6.07) is 10.2.